The van der Waals surface area contributed by atoms with Gasteiger partial charge in [0.25, 0.3) is 5.91 Å². The van der Waals surface area contributed by atoms with Crippen LogP contribution in [0.25, 0.3) is 10.9 Å². The Bertz CT molecular complexity index is 1170. The Morgan fingerprint density at radius 3 is 2.73 bits per heavy atom. The lowest BCUT2D eigenvalue weighted by Gasteiger charge is -2.23. The van der Waals surface area contributed by atoms with Crippen LogP contribution in [0.3, 0.4) is 0 Å². The Balaban J connectivity index is 1.43. The lowest BCUT2D eigenvalue weighted by Crippen LogP contribution is -2.28. The fraction of sp³-hybridized carbons (Fsp3) is 0.375. The molecule has 2 N–H and O–H groups in total. The van der Waals surface area contributed by atoms with E-state index in [0.29, 0.717) is 36.9 Å². The van der Waals surface area contributed by atoms with Gasteiger partial charge in [0.1, 0.15) is 6.61 Å². The summed E-state index contributed by atoms with van der Waals surface area (Å²) >= 11 is 5.95. The monoisotopic (exact) mass is 468 g/mol. The van der Waals surface area contributed by atoms with Crippen LogP contribution < -0.4 is 10.6 Å². The molecule has 2 amide bonds. The van der Waals surface area contributed by atoms with E-state index >= 15 is 0 Å². The molecule has 5 rings (SSSR count). The molecule has 2 aliphatic heterocycles. The maximum atomic E-state index is 13.2. The Morgan fingerprint density at radius 2 is 2.00 bits per heavy atom. The molecular formula is C24H25ClN4O4. The summed E-state index contributed by atoms with van der Waals surface area (Å²) in [7, 11) is 0. The van der Waals surface area contributed by atoms with Crippen molar-refractivity contribution in [3.63, 3.8) is 0 Å². The van der Waals surface area contributed by atoms with E-state index < -0.39 is 6.09 Å². The zero-order chi connectivity index (χ0) is 22.8. The zero-order valence-electron chi connectivity index (χ0n) is 18.1. The van der Waals surface area contributed by atoms with Crippen LogP contribution >= 0.6 is 11.6 Å². The summed E-state index contributed by atoms with van der Waals surface area (Å²) in [6.07, 6.45) is 2.97. The van der Waals surface area contributed by atoms with Crippen LogP contribution in [-0.4, -0.2) is 41.0 Å². The number of carbonyl (C=O) groups is 2. The van der Waals surface area contributed by atoms with Crippen molar-refractivity contribution in [2.45, 2.75) is 44.5 Å². The average molecular weight is 469 g/mol. The van der Waals surface area contributed by atoms with Crippen LogP contribution in [-0.2, 0) is 22.4 Å². The fourth-order valence-corrected chi connectivity index (χ4v) is 4.43. The third kappa shape index (κ3) is 4.82. The number of hydrogen-bond donors (Lipinski definition) is 2. The van der Waals surface area contributed by atoms with Gasteiger partial charge in [-0.05, 0) is 61.1 Å². The van der Waals surface area contributed by atoms with E-state index in [2.05, 4.69) is 15.7 Å². The zero-order valence-corrected chi connectivity index (χ0v) is 18.8. The highest BCUT2D eigenvalue weighted by Gasteiger charge is 2.26. The highest BCUT2D eigenvalue weighted by atomic mass is 35.5. The van der Waals surface area contributed by atoms with Crippen LogP contribution in [0.2, 0.25) is 5.02 Å². The molecule has 0 aliphatic carbocycles. The quantitative estimate of drug-likeness (QED) is 0.570. The number of nitrogens with one attached hydrogen (secondary N) is 2. The number of carbonyl (C=O) groups excluding carboxylic acids is 2. The summed E-state index contributed by atoms with van der Waals surface area (Å²) in [6.45, 7) is 1.39. The lowest BCUT2D eigenvalue weighted by molar-refractivity contribution is -0.0368. The van der Waals surface area contributed by atoms with Gasteiger partial charge in [-0.2, -0.15) is 5.10 Å². The number of benzene rings is 2. The Labute approximate surface area is 196 Å². The second-order valence-electron chi connectivity index (χ2n) is 8.42. The predicted molar refractivity (Wildman–Crippen MR) is 123 cm³/mol. The lowest BCUT2D eigenvalue weighted by atomic mass is 10.0. The summed E-state index contributed by atoms with van der Waals surface area (Å²) in [6, 6.07) is 13.2. The standard InChI is InChI=1S/C24H25ClN4O4/c25-17-7-4-15(5-8-17)13-26-23(30)22-19-12-16(11-18-14-33-24(31)27-18)6-9-20(19)29(28-22)21-3-1-2-10-32-21/h4-9,12,18,21H,1-3,10-11,13-14H2,(H,26,30)(H,27,31)/t18-,21?/m0/s1. The van der Waals surface area contributed by atoms with E-state index in [-0.39, 0.29) is 18.2 Å². The van der Waals surface area contributed by atoms with Crippen LogP contribution in [0.5, 0.6) is 0 Å². The van der Waals surface area contributed by atoms with Crippen molar-refractivity contribution in [3.05, 3.63) is 64.3 Å². The van der Waals surface area contributed by atoms with Gasteiger partial charge in [-0.15, -0.1) is 0 Å². The van der Waals surface area contributed by atoms with E-state index in [1.807, 2.05) is 35.0 Å². The highest BCUT2D eigenvalue weighted by molar-refractivity contribution is 6.30. The van der Waals surface area contributed by atoms with E-state index in [1.54, 1.807) is 12.1 Å². The molecule has 8 nitrogen and oxygen atoms in total. The molecule has 1 aromatic heterocycles. The van der Waals surface area contributed by atoms with Gasteiger partial charge in [0.05, 0.1) is 11.6 Å². The number of halogens is 1. The van der Waals surface area contributed by atoms with Gasteiger partial charge in [0.2, 0.25) is 0 Å². The first-order chi connectivity index (χ1) is 16.1. The topological polar surface area (TPSA) is 94.5 Å². The third-order valence-corrected chi connectivity index (χ3v) is 6.25. The van der Waals surface area contributed by atoms with Crippen molar-refractivity contribution in [2.24, 2.45) is 0 Å². The van der Waals surface area contributed by atoms with Gasteiger partial charge in [0.15, 0.2) is 11.9 Å². The maximum Gasteiger partial charge on any atom is 0.407 e. The van der Waals surface area contributed by atoms with Crippen molar-refractivity contribution >= 4 is 34.5 Å². The molecule has 0 radical (unpaired) electrons. The molecule has 2 fully saturated rings. The largest absolute Gasteiger partial charge is 0.447 e. The summed E-state index contributed by atoms with van der Waals surface area (Å²) in [5.74, 6) is -0.251. The van der Waals surface area contributed by atoms with E-state index in [4.69, 9.17) is 21.1 Å². The summed E-state index contributed by atoms with van der Waals surface area (Å²) in [4.78, 5) is 24.5. The van der Waals surface area contributed by atoms with Crippen LogP contribution in [0.15, 0.2) is 42.5 Å². The van der Waals surface area contributed by atoms with Gasteiger partial charge in [0, 0.05) is 23.6 Å². The number of aromatic nitrogens is 2. The number of alkyl carbamates (subject to hydrolysis) is 1. The first kappa shape index (κ1) is 21.7. The summed E-state index contributed by atoms with van der Waals surface area (Å²) in [5.41, 5.74) is 3.16. The number of nitrogens with zero attached hydrogens (tertiary/aromatic N) is 2. The molecule has 2 saturated heterocycles. The third-order valence-electron chi connectivity index (χ3n) is 6.00. The molecule has 2 aromatic carbocycles. The Kier molecular flexibility index (Phi) is 6.20. The molecule has 2 aliphatic rings. The van der Waals surface area contributed by atoms with Crippen LogP contribution in [0.4, 0.5) is 4.79 Å². The number of ether oxygens (including phenoxy) is 2. The second kappa shape index (κ2) is 9.41. The molecule has 9 heteroatoms. The molecule has 0 spiro atoms. The predicted octanol–water partition coefficient (Wildman–Crippen LogP) is 3.97. The molecular weight excluding hydrogens is 444 g/mol. The molecule has 3 heterocycles. The smallest absolute Gasteiger partial charge is 0.407 e. The normalized spacial score (nSPS) is 20.5. The van der Waals surface area contributed by atoms with Crippen molar-refractivity contribution < 1.29 is 19.1 Å². The van der Waals surface area contributed by atoms with Crippen molar-refractivity contribution in [2.75, 3.05) is 13.2 Å². The average Bonchev–Trinajstić information content (AvgIpc) is 3.42. The summed E-state index contributed by atoms with van der Waals surface area (Å²) < 4.78 is 12.8. The van der Waals surface area contributed by atoms with Crippen molar-refractivity contribution in [1.29, 1.82) is 0 Å². The summed E-state index contributed by atoms with van der Waals surface area (Å²) in [5, 5.41) is 11.9. The SMILES string of the molecule is O=C1N[C@@H](Cc2ccc3c(c2)c(C(=O)NCc2ccc(Cl)cc2)nn3C2CCCCO2)CO1. The molecule has 33 heavy (non-hydrogen) atoms. The number of amides is 2. The first-order valence-electron chi connectivity index (χ1n) is 11.2. The Morgan fingerprint density at radius 1 is 1.18 bits per heavy atom. The molecule has 0 saturated carbocycles. The Hall–Kier alpha value is -3.10. The first-order valence-corrected chi connectivity index (χ1v) is 11.5. The minimum absolute atomic E-state index is 0.0890. The van der Waals surface area contributed by atoms with E-state index in [9.17, 15) is 9.59 Å². The van der Waals surface area contributed by atoms with Gasteiger partial charge in [-0.25, -0.2) is 9.48 Å². The van der Waals surface area contributed by atoms with Crippen molar-refractivity contribution in [3.8, 4) is 0 Å². The van der Waals surface area contributed by atoms with Gasteiger partial charge in [-0.1, -0.05) is 29.8 Å². The van der Waals surface area contributed by atoms with Crippen molar-refractivity contribution in [1.82, 2.24) is 20.4 Å². The van der Waals surface area contributed by atoms with Gasteiger partial charge >= 0.3 is 6.09 Å². The van der Waals surface area contributed by atoms with E-state index in [1.165, 1.54) is 0 Å². The minimum atomic E-state index is -0.398. The molecule has 1 unspecified atom stereocenters. The maximum absolute atomic E-state index is 13.2. The number of rotatable bonds is 6. The van der Waals surface area contributed by atoms with E-state index in [0.717, 1.165) is 41.3 Å². The van der Waals surface area contributed by atoms with Crippen LogP contribution in [0.1, 0.15) is 47.1 Å². The fourth-order valence-electron chi connectivity index (χ4n) is 4.31. The number of fused-ring (bicyclic) bond motifs is 1. The van der Waals surface area contributed by atoms with Crippen LogP contribution in [0, 0.1) is 0 Å². The van der Waals surface area contributed by atoms with Gasteiger partial charge in [-0.3, -0.25) is 4.79 Å². The number of cyclic esters (lactones) is 1. The molecule has 3 aromatic rings. The molecule has 172 valence electrons. The number of hydrogen-bond acceptors (Lipinski definition) is 5. The van der Waals surface area contributed by atoms with Gasteiger partial charge < -0.3 is 20.1 Å². The molecule has 2 atom stereocenters. The minimum Gasteiger partial charge on any atom is -0.447 e. The highest BCUT2D eigenvalue weighted by Crippen LogP contribution is 2.29. The second-order valence-corrected chi connectivity index (χ2v) is 8.86. The molecule has 0 bridgehead atoms.